The number of hydrogen-bond donors (Lipinski definition) is 1. The zero-order valence-corrected chi connectivity index (χ0v) is 17.9. The van der Waals surface area contributed by atoms with Gasteiger partial charge in [-0.2, -0.15) is 0 Å². The number of nitrogens with one attached hydrogen (secondary N) is 1. The number of amides is 1. The molecule has 6 nitrogen and oxygen atoms in total. The summed E-state index contributed by atoms with van der Waals surface area (Å²) in [4.78, 5) is 41.1. The molecule has 2 aliphatic heterocycles. The first-order valence-electron chi connectivity index (χ1n) is 10.7. The van der Waals surface area contributed by atoms with Crippen LogP contribution in [0.2, 0.25) is 0 Å². The van der Waals surface area contributed by atoms with Gasteiger partial charge in [-0.05, 0) is 49.8 Å². The lowest BCUT2D eigenvalue weighted by Crippen LogP contribution is -2.52. The highest BCUT2D eigenvalue weighted by Gasteiger charge is 2.36. The maximum absolute atomic E-state index is 13.0. The Morgan fingerprint density at radius 3 is 2.16 bits per heavy atom. The number of hydrogen-bond acceptors (Lipinski definition) is 5. The fourth-order valence-corrected chi connectivity index (χ4v) is 4.18. The van der Waals surface area contributed by atoms with Gasteiger partial charge in [0.1, 0.15) is 0 Å². The third kappa shape index (κ3) is 4.38. The molecular formula is C25H27N3O3. The van der Waals surface area contributed by atoms with Crippen LogP contribution >= 0.6 is 0 Å². The molecule has 0 saturated carbocycles. The molecule has 1 fully saturated rings. The smallest absolute Gasteiger partial charge is 0.290 e. The van der Waals surface area contributed by atoms with Crippen molar-refractivity contribution >= 4 is 28.9 Å². The number of carbonyl (C=O) groups is 3. The van der Waals surface area contributed by atoms with Gasteiger partial charge in [-0.1, -0.05) is 30.3 Å². The lowest BCUT2D eigenvalue weighted by Gasteiger charge is -2.36. The molecule has 2 aliphatic rings. The standard InChI is InChI=1S/C25H27N3O3/c1-17-22(16-23(26-17)20-6-4-3-5-7-20)24(30)25(31)28-14-12-27(13-15-28)21-10-8-19(9-11-21)18(2)29/h3-11,16-17,22,26H,12-15H2,1-2H3. The number of piperazine rings is 1. The summed E-state index contributed by atoms with van der Waals surface area (Å²) >= 11 is 0. The van der Waals surface area contributed by atoms with Crippen LogP contribution < -0.4 is 10.2 Å². The molecule has 2 heterocycles. The van der Waals surface area contributed by atoms with Crippen LogP contribution in [0.5, 0.6) is 0 Å². The largest absolute Gasteiger partial charge is 0.381 e. The zero-order valence-electron chi connectivity index (χ0n) is 17.9. The second kappa shape index (κ2) is 8.76. The SMILES string of the molecule is CC(=O)c1ccc(N2CCN(C(=O)C(=O)C3C=C(c4ccccc4)NC3C)CC2)cc1. The molecule has 2 aromatic rings. The lowest BCUT2D eigenvalue weighted by atomic mass is 9.97. The van der Waals surface area contributed by atoms with Crippen molar-refractivity contribution < 1.29 is 14.4 Å². The van der Waals surface area contributed by atoms with E-state index in [0.717, 1.165) is 16.9 Å². The molecule has 160 valence electrons. The first-order chi connectivity index (χ1) is 14.9. The summed E-state index contributed by atoms with van der Waals surface area (Å²) in [6.45, 7) is 5.80. The third-order valence-corrected chi connectivity index (χ3v) is 6.07. The third-order valence-electron chi connectivity index (χ3n) is 6.07. The Bertz CT molecular complexity index is 1010. The van der Waals surface area contributed by atoms with Crippen LogP contribution in [0, 0.1) is 5.92 Å². The van der Waals surface area contributed by atoms with Crippen LogP contribution in [-0.2, 0) is 9.59 Å². The van der Waals surface area contributed by atoms with Gasteiger partial charge >= 0.3 is 0 Å². The van der Waals surface area contributed by atoms with Crippen LogP contribution in [-0.4, -0.2) is 54.6 Å². The second-order valence-corrected chi connectivity index (χ2v) is 8.15. The Labute approximate surface area is 182 Å². The quantitative estimate of drug-likeness (QED) is 0.598. The normalized spacial score (nSPS) is 20.8. The second-order valence-electron chi connectivity index (χ2n) is 8.15. The lowest BCUT2D eigenvalue weighted by molar-refractivity contribution is -0.146. The van der Waals surface area contributed by atoms with E-state index in [-0.39, 0.29) is 17.6 Å². The van der Waals surface area contributed by atoms with Crippen molar-refractivity contribution in [3.05, 3.63) is 71.8 Å². The molecule has 1 saturated heterocycles. The molecular weight excluding hydrogens is 390 g/mol. The molecule has 0 spiro atoms. The first kappa shape index (κ1) is 20.8. The number of anilines is 1. The molecule has 0 bridgehead atoms. The van der Waals surface area contributed by atoms with Crippen molar-refractivity contribution in [3.8, 4) is 0 Å². The van der Waals surface area contributed by atoms with Crippen molar-refractivity contribution in [1.82, 2.24) is 10.2 Å². The summed E-state index contributed by atoms with van der Waals surface area (Å²) in [6.07, 6.45) is 1.88. The van der Waals surface area contributed by atoms with Crippen molar-refractivity contribution in [2.75, 3.05) is 31.1 Å². The van der Waals surface area contributed by atoms with E-state index in [0.29, 0.717) is 31.7 Å². The van der Waals surface area contributed by atoms with Crippen LogP contribution in [0.1, 0.15) is 29.8 Å². The molecule has 0 radical (unpaired) electrons. The number of ketones is 2. The number of Topliss-reactive ketones (excluding diaryl/α,β-unsaturated/α-hetero) is 2. The first-order valence-corrected chi connectivity index (χ1v) is 10.7. The Morgan fingerprint density at radius 2 is 1.55 bits per heavy atom. The van der Waals surface area contributed by atoms with Crippen LogP contribution in [0.15, 0.2) is 60.7 Å². The summed E-state index contributed by atoms with van der Waals surface area (Å²) in [5.74, 6) is -1.18. The molecule has 1 N–H and O–H groups in total. The van der Waals surface area contributed by atoms with Gasteiger partial charge in [-0.25, -0.2) is 0 Å². The summed E-state index contributed by atoms with van der Waals surface area (Å²) in [7, 11) is 0. The monoisotopic (exact) mass is 417 g/mol. The van der Waals surface area contributed by atoms with Crippen molar-refractivity contribution in [3.63, 3.8) is 0 Å². The molecule has 0 aliphatic carbocycles. The van der Waals surface area contributed by atoms with E-state index in [9.17, 15) is 14.4 Å². The van der Waals surface area contributed by atoms with Crippen molar-refractivity contribution in [1.29, 1.82) is 0 Å². The molecule has 4 rings (SSSR count). The summed E-state index contributed by atoms with van der Waals surface area (Å²) < 4.78 is 0. The average molecular weight is 418 g/mol. The van der Waals surface area contributed by atoms with Crippen LogP contribution in [0.4, 0.5) is 5.69 Å². The molecule has 1 amide bonds. The fraction of sp³-hybridized carbons (Fsp3) is 0.320. The number of rotatable bonds is 5. The fourth-order valence-electron chi connectivity index (χ4n) is 4.18. The van der Waals surface area contributed by atoms with Gasteiger partial charge in [0.15, 0.2) is 5.78 Å². The molecule has 2 atom stereocenters. The maximum Gasteiger partial charge on any atom is 0.290 e. The van der Waals surface area contributed by atoms with Crippen LogP contribution in [0.3, 0.4) is 0 Å². The predicted octanol–water partition coefficient (Wildman–Crippen LogP) is 2.76. The van der Waals surface area contributed by atoms with Gasteiger partial charge in [0, 0.05) is 49.2 Å². The topological polar surface area (TPSA) is 69.7 Å². The number of benzene rings is 2. The van der Waals surface area contributed by atoms with Gasteiger partial charge in [-0.3, -0.25) is 14.4 Å². The van der Waals surface area contributed by atoms with E-state index in [1.807, 2.05) is 67.6 Å². The van der Waals surface area contributed by atoms with E-state index < -0.39 is 11.8 Å². The molecule has 2 unspecified atom stereocenters. The Balaban J connectivity index is 1.37. The Hall–Kier alpha value is -3.41. The minimum atomic E-state index is -0.458. The van der Waals surface area contributed by atoms with E-state index in [1.165, 1.54) is 0 Å². The minimum absolute atomic E-state index is 0.0422. The van der Waals surface area contributed by atoms with Gasteiger partial charge in [0.05, 0.1) is 5.92 Å². The van der Waals surface area contributed by atoms with E-state index >= 15 is 0 Å². The highest BCUT2D eigenvalue weighted by molar-refractivity contribution is 6.37. The molecule has 0 aromatic heterocycles. The van der Waals surface area contributed by atoms with Gasteiger partial charge in [0.25, 0.3) is 5.91 Å². The van der Waals surface area contributed by atoms with E-state index in [1.54, 1.807) is 11.8 Å². The average Bonchev–Trinajstić information content (AvgIpc) is 3.20. The summed E-state index contributed by atoms with van der Waals surface area (Å²) in [6, 6.07) is 17.2. The van der Waals surface area contributed by atoms with Gasteiger partial charge in [-0.15, -0.1) is 0 Å². The van der Waals surface area contributed by atoms with Gasteiger partial charge < -0.3 is 15.1 Å². The highest BCUT2D eigenvalue weighted by Crippen LogP contribution is 2.26. The maximum atomic E-state index is 13.0. The minimum Gasteiger partial charge on any atom is -0.381 e. The van der Waals surface area contributed by atoms with E-state index in [4.69, 9.17) is 0 Å². The number of nitrogens with zero attached hydrogens (tertiary/aromatic N) is 2. The Kier molecular flexibility index (Phi) is 5.89. The number of carbonyl (C=O) groups excluding carboxylic acids is 3. The van der Waals surface area contributed by atoms with E-state index in [2.05, 4.69) is 10.2 Å². The summed E-state index contributed by atoms with van der Waals surface area (Å²) in [5, 5.41) is 3.34. The van der Waals surface area contributed by atoms with Crippen molar-refractivity contribution in [2.45, 2.75) is 19.9 Å². The summed E-state index contributed by atoms with van der Waals surface area (Å²) in [5.41, 5.74) is 3.62. The molecule has 2 aromatic carbocycles. The highest BCUT2D eigenvalue weighted by atomic mass is 16.2. The molecule has 6 heteroatoms. The predicted molar refractivity (Wildman–Crippen MR) is 121 cm³/mol. The zero-order chi connectivity index (χ0) is 22.0. The van der Waals surface area contributed by atoms with Crippen LogP contribution in [0.25, 0.3) is 5.70 Å². The molecule has 31 heavy (non-hydrogen) atoms. The van der Waals surface area contributed by atoms with Gasteiger partial charge in [0.2, 0.25) is 5.78 Å². The Morgan fingerprint density at radius 1 is 0.903 bits per heavy atom. The van der Waals surface area contributed by atoms with Crippen molar-refractivity contribution in [2.24, 2.45) is 5.92 Å².